The molecule has 0 amide bonds. The minimum Gasteiger partial charge on any atom is -0.453 e. The first kappa shape index (κ1) is 21.2. The van der Waals surface area contributed by atoms with Gasteiger partial charge in [0.25, 0.3) is 0 Å². The molecule has 1 N–H and O–H groups in total. The average Bonchev–Trinajstić information content (AvgIpc) is 3.33. The molecule has 11 heteroatoms. The zero-order chi connectivity index (χ0) is 22.1. The molecule has 0 radical (unpaired) electrons. The van der Waals surface area contributed by atoms with E-state index in [4.69, 9.17) is 14.3 Å². The molecule has 1 saturated heterocycles. The van der Waals surface area contributed by atoms with Crippen LogP contribution in [0.1, 0.15) is 12.0 Å². The Morgan fingerprint density at radius 3 is 2.39 bits per heavy atom. The highest BCUT2D eigenvalue weighted by molar-refractivity contribution is 5.68. The van der Waals surface area contributed by atoms with Crippen LogP contribution in [0.15, 0.2) is 48.5 Å². The maximum atomic E-state index is 12.8. The first-order chi connectivity index (χ1) is 14.7. The molecule has 166 valence electrons. The van der Waals surface area contributed by atoms with Gasteiger partial charge in [-0.15, -0.1) is 13.2 Å². The van der Waals surface area contributed by atoms with Gasteiger partial charge in [-0.3, -0.25) is 10.3 Å². The molecule has 2 aromatic carbocycles. The monoisotopic (exact) mass is 445 g/mol. The van der Waals surface area contributed by atoms with Gasteiger partial charge in [-0.2, -0.15) is 8.78 Å². The van der Waals surface area contributed by atoms with E-state index in [1.54, 1.807) is 6.07 Å². The topological polar surface area (TPSA) is 58.2 Å². The maximum absolute atomic E-state index is 12.8. The van der Waals surface area contributed by atoms with Crippen LogP contribution in [0.4, 0.5) is 22.0 Å². The molecule has 1 unspecified atom stereocenters. The quantitative estimate of drug-likeness (QED) is 0.631. The van der Waals surface area contributed by atoms with E-state index in [9.17, 15) is 22.0 Å². The van der Waals surface area contributed by atoms with E-state index in [2.05, 4.69) is 15.0 Å². The predicted molar refractivity (Wildman–Crippen MR) is 96.6 cm³/mol. The summed E-state index contributed by atoms with van der Waals surface area (Å²) >= 11 is 0. The van der Waals surface area contributed by atoms with Crippen LogP contribution in [-0.4, -0.2) is 31.8 Å². The number of rotatable bonds is 6. The summed E-state index contributed by atoms with van der Waals surface area (Å²) in [6, 6.07) is 8.80. The summed E-state index contributed by atoms with van der Waals surface area (Å²) in [4.78, 5) is 5.61. The third-order valence-electron chi connectivity index (χ3n) is 4.54. The molecule has 2 heterocycles. The van der Waals surface area contributed by atoms with Crippen LogP contribution < -0.4 is 19.7 Å². The summed E-state index contributed by atoms with van der Waals surface area (Å²) in [7, 11) is 0. The molecule has 2 aliphatic heterocycles. The van der Waals surface area contributed by atoms with Gasteiger partial charge in [0.1, 0.15) is 17.1 Å². The van der Waals surface area contributed by atoms with Crippen molar-refractivity contribution in [1.82, 2.24) is 5.48 Å². The van der Waals surface area contributed by atoms with Crippen molar-refractivity contribution in [3.63, 3.8) is 0 Å². The summed E-state index contributed by atoms with van der Waals surface area (Å²) in [5.41, 5.74) is 3.36. The van der Waals surface area contributed by atoms with Crippen LogP contribution in [0.5, 0.6) is 23.0 Å². The van der Waals surface area contributed by atoms with Gasteiger partial charge in [-0.1, -0.05) is 0 Å². The summed E-state index contributed by atoms with van der Waals surface area (Å²) < 4.78 is 81.7. The van der Waals surface area contributed by atoms with E-state index >= 15 is 0 Å². The fraction of sp³-hybridized carbons (Fsp3) is 0.300. The minimum absolute atomic E-state index is 0.0615. The highest BCUT2D eigenvalue weighted by atomic mass is 19.4. The predicted octanol–water partition coefficient (Wildman–Crippen LogP) is 5.01. The van der Waals surface area contributed by atoms with Gasteiger partial charge in [0.05, 0.1) is 12.3 Å². The Bertz CT molecular complexity index is 955. The van der Waals surface area contributed by atoms with Crippen molar-refractivity contribution in [2.45, 2.75) is 25.0 Å². The number of nitrogens with one attached hydrogen (secondary N) is 1. The molecule has 1 spiro atoms. The molecular weight excluding hydrogens is 429 g/mol. The highest BCUT2D eigenvalue weighted by Crippen LogP contribution is 2.38. The molecule has 2 aliphatic rings. The summed E-state index contributed by atoms with van der Waals surface area (Å²) in [5, 5.41) is 0. The van der Waals surface area contributed by atoms with E-state index in [-0.39, 0.29) is 17.2 Å². The second-order valence-electron chi connectivity index (χ2n) is 6.79. The van der Waals surface area contributed by atoms with Gasteiger partial charge in [-0.05, 0) is 48.5 Å². The zero-order valence-electron chi connectivity index (χ0n) is 15.7. The Kier molecular flexibility index (Phi) is 5.63. The lowest BCUT2D eigenvalue weighted by Crippen LogP contribution is -2.29. The van der Waals surface area contributed by atoms with Crippen LogP contribution in [0.2, 0.25) is 0 Å². The first-order valence-corrected chi connectivity index (χ1v) is 9.09. The Morgan fingerprint density at radius 1 is 1.00 bits per heavy atom. The first-order valence-electron chi connectivity index (χ1n) is 9.09. The number of benzene rings is 2. The van der Waals surface area contributed by atoms with Crippen molar-refractivity contribution in [2.24, 2.45) is 0 Å². The minimum atomic E-state index is -4.83. The smallest absolute Gasteiger partial charge is 0.453 e. The zero-order valence-corrected chi connectivity index (χ0v) is 15.7. The van der Waals surface area contributed by atoms with E-state index in [0.29, 0.717) is 30.9 Å². The molecule has 0 saturated carbocycles. The van der Waals surface area contributed by atoms with Crippen LogP contribution in [0, 0.1) is 0 Å². The Morgan fingerprint density at radius 2 is 1.74 bits per heavy atom. The van der Waals surface area contributed by atoms with Crippen molar-refractivity contribution < 1.29 is 45.7 Å². The second-order valence-corrected chi connectivity index (χ2v) is 6.79. The van der Waals surface area contributed by atoms with Crippen molar-refractivity contribution in [3.05, 3.63) is 54.1 Å². The van der Waals surface area contributed by atoms with Crippen molar-refractivity contribution in [2.75, 3.05) is 13.2 Å². The molecule has 1 atom stereocenters. The van der Waals surface area contributed by atoms with Crippen LogP contribution in [-0.2, 0) is 9.57 Å². The van der Waals surface area contributed by atoms with Gasteiger partial charge in [0, 0.05) is 18.6 Å². The molecule has 1 fully saturated rings. The molecule has 31 heavy (non-hydrogen) atoms. The number of alkyl halides is 5. The van der Waals surface area contributed by atoms with E-state index in [1.807, 2.05) is 6.08 Å². The number of ether oxygens (including phenoxy) is 4. The van der Waals surface area contributed by atoms with E-state index < -0.39 is 24.3 Å². The van der Waals surface area contributed by atoms with Crippen LogP contribution >= 0.6 is 0 Å². The molecule has 0 bridgehead atoms. The van der Waals surface area contributed by atoms with Crippen molar-refractivity contribution >= 4 is 5.70 Å². The fourth-order valence-electron chi connectivity index (χ4n) is 3.16. The SMILES string of the molecule is FC(F)Oc1ccc(C2=CC3(CCOC3)ON2)cc1Oc1ccc(OC(F)(F)F)cc1. The van der Waals surface area contributed by atoms with Crippen molar-refractivity contribution in [1.29, 1.82) is 0 Å². The lowest BCUT2D eigenvalue weighted by Gasteiger charge is -2.15. The fourth-order valence-corrected chi connectivity index (χ4v) is 3.16. The van der Waals surface area contributed by atoms with Crippen LogP contribution in [0.25, 0.3) is 5.70 Å². The highest BCUT2D eigenvalue weighted by Gasteiger charge is 2.39. The Balaban J connectivity index is 1.58. The summed E-state index contributed by atoms with van der Waals surface area (Å²) in [6.07, 6.45) is -2.33. The normalized spacial score (nSPS) is 20.6. The number of hydroxylamine groups is 1. The Hall–Kier alpha value is -3.05. The summed E-state index contributed by atoms with van der Waals surface area (Å²) in [6.45, 7) is -2.16. The second kappa shape index (κ2) is 8.23. The number of halogens is 5. The Labute approximate surface area is 173 Å². The van der Waals surface area contributed by atoms with E-state index in [0.717, 1.165) is 12.1 Å². The number of hydrogen-bond donors (Lipinski definition) is 1. The van der Waals surface area contributed by atoms with Crippen molar-refractivity contribution in [3.8, 4) is 23.0 Å². The van der Waals surface area contributed by atoms with Gasteiger partial charge >= 0.3 is 13.0 Å². The molecule has 0 aliphatic carbocycles. The van der Waals surface area contributed by atoms with Gasteiger partial charge in [-0.25, -0.2) is 0 Å². The third kappa shape index (κ3) is 5.17. The van der Waals surface area contributed by atoms with Crippen LogP contribution in [0.3, 0.4) is 0 Å². The van der Waals surface area contributed by atoms with Gasteiger partial charge in [0.2, 0.25) is 0 Å². The average molecular weight is 445 g/mol. The maximum Gasteiger partial charge on any atom is 0.573 e. The molecule has 4 rings (SSSR count). The molecule has 6 nitrogen and oxygen atoms in total. The van der Waals surface area contributed by atoms with Gasteiger partial charge < -0.3 is 18.9 Å². The molecule has 0 aromatic heterocycles. The largest absolute Gasteiger partial charge is 0.573 e. The molecule has 2 aromatic rings. The molecular formula is C20H16F5NO5. The standard InChI is InChI=1S/C20H16F5NO5/c21-18(22)29-16-6-1-12(15-10-19(31-26-15)7-8-27-11-19)9-17(16)28-13-2-4-14(5-3-13)30-20(23,24)25/h1-6,9-10,18,26H,7-8,11H2. The lowest BCUT2D eigenvalue weighted by molar-refractivity contribution is -0.274. The summed E-state index contributed by atoms with van der Waals surface area (Å²) in [5.74, 6) is -0.656. The third-order valence-corrected chi connectivity index (χ3v) is 4.54. The van der Waals surface area contributed by atoms with E-state index in [1.165, 1.54) is 24.3 Å². The lowest BCUT2D eigenvalue weighted by atomic mass is 10.0. The van der Waals surface area contributed by atoms with Gasteiger partial charge in [0.15, 0.2) is 11.5 Å². The number of hydrogen-bond acceptors (Lipinski definition) is 6.